The molecule has 0 aromatic carbocycles. The minimum Gasteiger partial charge on any atom is -0.356 e. The van der Waals surface area contributed by atoms with Gasteiger partial charge < -0.3 is 4.90 Å². The van der Waals surface area contributed by atoms with Gasteiger partial charge in [-0.05, 0) is 35.2 Å². The topological polar surface area (TPSA) is 67.1 Å². The van der Waals surface area contributed by atoms with E-state index in [2.05, 4.69) is 36.2 Å². The average molecular weight is 272 g/mol. The summed E-state index contributed by atoms with van der Waals surface area (Å²) < 4.78 is 0.920. The van der Waals surface area contributed by atoms with Crippen LogP contribution in [0.2, 0.25) is 0 Å². The van der Waals surface area contributed by atoms with Crippen LogP contribution in [0.4, 0.5) is 11.8 Å². The molecule has 1 aliphatic rings. The number of hydrazine groups is 1. The van der Waals surface area contributed by atoms with E-state index in [1.807, 2.05) is 0 Å². The minimum atomic E-state index is 0.457. The Bertz CT molecular complexity index is 337. The largest absolute Gasteiger partial charge is 0.356 e. The standard InChI is InChI=1S/C9H14BrN5/c10-7-6-12-9(14-11)13-8(7)15-4-2-1-3-5-15/h6H,1-5,11H2,(H,12,13,14). The molecule has 82 valence electrons. The third kappa shape index (κ3) is 2.38. The molecule has 0 bridgehead atoms. The van der Waals surface area contributed by atoms with Crippen LogP contribution >= 0.6 is 15.9 Å². The van der Waals surface area contributed by atoms with E-state index in [4.69, 9.17) is 5.84 Å². The van der Waals surface area contributed by atoms with Crippen molar-refractivity contribution >= 4 is 27.7 Å². The first-order valence-electron chi connectivity index (χ1n) is 5.05. The summed E-state index contributed by atoms with van der Waals surface area (Å²) in [6, 6.07) is 0. The fourth-order valence-electron chi connectivity index (χ4n) is 1.76. The fourth-order valence-corrected chi connectivity index (χ4v) is 2.20. The third-order valence-electron chi connectivity index (χ3n) is 2.51. The van der Waals surface area contributed by atoms with Crippen LogP contribution in [-0.4, -0.2) is 23.1 Å². The summed E-state index contributed by atoms with van der Waals surface area (Å²) in [5.74, 6) is 6.68. The molecule has 1 fully saturated rings. The Kier molecular flexibility index (Phi) is 3.37. The van der Waals surface area contributed by atoms with E-state index in [0.29, 0.717) is 5.95 Å². The lowest BCUT2D eigenvalue weighted by Crippen LogP contribution is -2.30. The van der Waals surface area contributed by atoms with E-state index in [1.165, 1.54) is 19.3 Å². The van der Waals surface area contributed by atoms with E-state index in [9.17, 15) is 0 Å². The molecule has 2 rings (SSSR count). The number of nitrogens with one attached hydrogen (secondary N) is 1. The normalized spacial score (nSPS) is 16.5. The number of piperidine rings is 1. The summed E-state index contributed by atoms with van der Waals surface area (Å²) in [5.41, 5.74) is 2.46. The Hall–Kier alpha value is -0.880. The lowest BCUT2D eigenvalue weighted by molar-refractivity contribution is 0.572. The van der Waals surface area contributed by atoms with Gasteiger partial charge in [0.1, 0.15) is 5.82 Å². The van der Waals surface area contributed by atoms with Gasteiger partial charge in [0.2, 0.25) is 5.95 Å². The molecule has 0 aliphatic carbocycles. The molecule has 2 heterocycles. The van der Waals surface area contributed by atoms with Crippen LogP contribution in [-0.2, 0) is 0 Å². The summed E-state index contributed by atoms with van der Waals surface area (Å²) in [5, 5.41) is 0. The van der Waals surface area contributed by atoms with Gasteiger partial charge in [-0.25, -0.2) is 10.8 Å². The van der Waals surface area contributed by atoms with Gasteiger partial charge in [-0.1, -0.05) is 0 Å². The van der Waals surface area contributed by atoms with Crippen molar-refractivity contribution < 1.29 is 0 Å². The van der Waals surface area contributed by atoms with Gasteiger partial charge in [0.25, 0.3) is 0 Å². The van der Waals surface area contributed by atoms with Crippen LogP contribution < -0.4 is 16.2 Å². The second-order valence-electron chi connectivity index (χ2n) is 3.56. The van der Waals surface area contributed by atoms with Crippen LogP contribution in [0.5, 0.6) is 0 Å². The summed E-state index contributed by atoms with van der Waals surface area (Å²) >= 11 is 3.46. The number of nitrogens with two attached hydrogens (primary N) is 1. The number of nitrogens with zero attached hydrogens (tertiary/aromatic N) is 3. The molecule has 0 amide bonds. The maximum atomic E-state index is 5.29. The molecule has 1 aromatic rings. The Morgan fingerprint density at radius 1 is 1.33 bits per heavy atom. The number of hydrogen-bond acceptors (Lipinski definition) is 5. The number of rotatable bonds is 2. The maximum absolute atomic E-state index is 5.29. The summed E-state index contributed by atoms with van der Waals surface area (Å²) in [6.07, 6.45) is 5.48. The molecule has 5 nitrogen and oxygen atoms in total. The van der Waals surface area contributed by atoms with E-state index in [1.54, 1.807) is 6.20 Å². The number of aromatic nitrogens is 2. The average Bonchev–Trinajstić information content (AvgIpc) is 2.31. The first kappa shape index (κ1) is 10.6. The van der Waals surface area contributed by atoms with Gasteiger partial charge in [-0.15, -0.1) is 0 Å². The highest BCUT2D eigenvalue weighted by molar-refractivity contribution is 9.10. The van der Waals surface area contributed by atoms with Gasteiger partial charge >= 0.3 is 0 Å². The summed E-state index contributed by atoms with van der Waals surface area (Å²) in [4.78, 5) is 10.6. The second kappa shape index (κ2) is 4.76. The van der Waals surface area contributed by atoms with Crippen molar-refractivity contribution in [2.75, 3.05) is 23.4 Å². The minimum absolute atomic E-state index is 0.457. The Morgan fingerprint density at radius 3 is 2.73 bits per heavy atom. The summed E-state index contributed by atoms with van der Waals surface area (Å²) in [7, 11) is 0. The highest BCUT2D eigenvalue weighted by Crippen LogP contribution is 2.26. The third-order valence-corrected chi connectivity index (χ3v) is 3.07. The SMILES string of the molecule is NNc1ncc(Br)c(N2CCCCC2)n1. The Balaban J connectivity index is 2.24. The molecule has 1 aromatic heterocycles. The van der Waals surface area contributed by atoms with Gasteiger partial charge in [0.05, 0.1) is 4.47 Å². The quantitative estimate of drug-likeness (QED) is 0.631. The smallest absolute Gasteiger partial charge is 0.239 e. The summed E-state index contributed by atoms with van der Waals surface area (Å²) in [6.45, 7) is 2.11. The van der Waals surface area contributed by atoms with Crippen molar-refractivity contribution in [1.82, 2.24) is 9.97 Å². The predicted octanol–water partition coefficient (Wildman–Crippen LogP) is 1.51. The van der Waals surface area contributed by atoms with Crippen molar-refractivity contribution in [3.8, 4) is 0 Å². The monoisotopic (exact) mass is 271 g/mol. The van der Waals surface area contributed by atoms with Crippen LogP contribution in [0, 0.1) is 0 Å². The van der Waals surface area contributed by atoms with Crippen LogP contribution in [0.15, 0.2) is 10.7 Å². The zero-order valence-electron chi connectivity index (χ0n) is 8.41. The first-order valence-corrected chi connectivity index (χ1v) is 5.84. The highest BCUT2D eigenvalue weighted by Gasteiger charge is 2.15. The van der Waals surface area contributed by atoms with Gasteiger partial charge in [0.15, 0.2) is 0 Å². The molecule has 15 heavy (non-hydrogen) atoms. The Morgan fingerprint density at radius 2 is 2.07 bits per heavy atom. The van der Waals surface area contributed by atoms with Crippen molar-refractivity contribution in [2.24, 2.45) is 5.84 Å². The molecule has 0 spiro atoms. The Labute approximate surface area is 97.2 Å². The van der Waals surface area contributed by atoms with Crippen molar-refractivity contribution in [3.63, 3.8) is 0 Å². The zero-order chi connectivity index (χ0) is 10.7. The number of halogens is 1. The van der Waals surface area contributed by atoms with E-state index in [-0.39, 0.29) is 0 Å². The van der Waals surface area contributed by atoms with Crippen molar-refractivity contribution in [1.29, 1.82) is 0 Å². The molecule has 0 saturated carbocycles. The molecular weight excluding hydrogens is 258 g/mol. The second-order valence-corrected chi connectivity index (χ2v) is 4.41. The molecule has 1 saturated heterocycles. The van der Waals surface area contributed by atoms with Crippen LogP contribution in [0.3, 0.4) is 0 Å². The van der Waals surface area contributed by atoms with E-state index >= 15 is 0 Å². The molecule has 6 heteroatoms. The molecule has 0 unspecified atom stereocenters. The highest BCUT2D eigenvalue weighted by atomic mass is 79.9. The lowest BCUT2D eigenvalue weighted by Gasteiger charge is -2.28. The van der Waals surface area contributed by atoms with Crippen molar-refractivity contribution in [2.45, 2.75) is 19.3 Å². The molecule has 3 N–H and O–H groups in total. The lowest BCUT2D eigenvalue weighted by atomic mass is 10.1. The molecule has 0 atom stereocenters. The number of nitrogen functional groups attached to an aromatic ring is 1. The zero-order valence-corrected chi connectivity index (χ0v) is 10.00. The van der Waals surface area contributed by atoms with E-state index < -0.39 is 0 Å². The van der Waals surface area contributed by atoms with Gasteiger partial charge in [-0.3, -0.25) is 5.43 Å². The van der Waals surface area contributed by atoms with Crippen LogP contribution in [0.25, 0.3) is 0 Å². The van der Waals surface area contributed by atoms with Crippen LogP contribution in [0.1, 0.15) is 19.3 Å². The fraction of sp³-hybridized carbons (Fsp3) is 0.556. The van der Waals surface area contributed by atoms with E-state index in [0.717, 1.165) is 23.4 Å². The first-order chi connectivity index (χ1) is 7.31. The predicted molar refractivity (Wildman–Crippen MR) is 63.6 cm³/mol. The molecule has 0 radical (unpaired) electrons. The van der Waals surface area contributed by atoms with Gasteiger partial charge in [0, 0.05) is 19.3 Å². The molecule has 1 aliphatic heterocycles. The number of hydrogen-bond donors (Lipinski definition) is 2. The van der Waals surface area contributed by atoms with Crippen molar-refractivity contribution in [3.05, 3.63) is 10.7 Å². The molecular formula is C9H14BrN5. The maximum Gasteiger partial charge on any atom is 0.239 e. The number of anilines is 2. The van der Waals surface area contributed by atoms with Gasteiger partial charge in [-0.2, -0.15) is 4.98 Å².